The zero-order chi connectivity index (χ0) is 9.78. The summed E-state index contributed by atoms with van der Waals surface area (Å²) in [6.07, 6.45) is 1.52. The molecular weight excluding hydrogens is 200 g/mol. The van der Waals surface area contributed by atoms with Crippen LogP contribution in [0.2, 0.25) is 0 Å². The van der Waals surface area contributed by atoms with E-state index in [0.717, 1.165) is 0 Å². The number of amides is 1. The van der Waals surface area contributed by atoms with Crippen LogP contribution in [0.15, 0.2) is 0 Å². The van der Waals surface area contributed by atoms with Gasteiger partial charge in [-0.2, -0.15) is 0 Å². The first-order chi connectivity index (χ1) is 5.39. The van der Waals surface area contributed by atoms with Crippen LogP contribution in [0.25, 0.3) is 0 Å². The molecule has 2 N–H and O–H groups in total. The molecule has 0 aliphatic rings. The van der Waals surface area contributed by atoms with Crippen LogP contribution < -0.4 is 10.3 Å². The van der Waals surface area contributed by atoms with Crippen molar-refractivity contribution in [3.05, 3.63) is 0 Å². The zero-order valence-electron chi connectivity index (χ0n) is 6.86. The molecule has 0 heterocycles. The fourth-order valence-electron chi connectivity index (χ4n) is 0.282. The number of hydrogen-bond donors (Lipinski definition) is 3. The van der Waals surface area contributed by atoms with Gasteiger partial charge in [-0.3, -0.25) is 10.2 Å². The van der Waals surface area contributed by atoms with Gasteiger partial charge in [0, 0.05) is 0 Å². The van der Waals surface area contributed by atoms with Crippen LogP contribution in [0.3, 0.4) is 0 Å². The normalized spacial score (nSPS) is 13.8. The van der Waals surface area contributed by atoms with Crippen molar-refractivity contribution in [3.63, 3.8) is 0 Å². The topological polar surface area (TPSA) is 75.3 Å². The maximum atomic E-state index is 10.8. The lowest BCUT2D eigenvalue weighted by atomic mass is 11.0. The smallest absolute Gasteiger partial charge is 0.269 e. The molecule has 5 nitrogen and oxygen atoms in total. The number of nitrogens with one attached hydrogen (secondary N) is 2. The van der Waals surface area contributed by atoms with Crippen molar-refractivity contribution in [1.29, 1.82) is 0 Å². The van der Waals surface area contributed by atoms with E-state index in [1.54, 1.807) is 0 Å². The number of thiol groups is 1. The lowest BCUT2D eigenvalue weighted by Crippen LogP contribution is -2.40. The van der Waals surface area contributed by atoms with Gasteiger partial charge in [-0.05, 0) is 13.2 Å². The summed E-state index contributed by atoms with van der Waals surface area (Å²) >= 11 is 0. The highest BCUT2D eigenvalue weighted by molar-refractivity contribution is 8.19. The molecule has 1 atom stereocenters. The number of carbonyl (C=O) groups is 1. The van der Waals surface area contributed by atoms with Crippen LogP contribution in [0.4, 0.5) is 4.79 Å². The highest BCUT2D eigenvalue weighted by Gasteiger charge is 2.06. The van der Waals surface area contributed by atoms with Crippen LogP contribution in [0.5, 0.6) is 0 Å². The fraction of sp³-hybridized carbons (Fsp3) is 0.600. The summed E-state index contributed by atoms with van der Waals surface area (Å²) in [4.78, 5) is 12.7. The molecule has 0 radical (unpaired) electrons. The molecule has 0 bridgehead atoms. The van der Waals surface area contributed by atoms with Crippen molar-refractivity contribution in [1.82, 2.24) is 10.3 Å². The monoisotopic (exact) mass is 212 g/mol. The number of hydrogen-bond acceptors (Lipinski definition) is 3. The van der Waals surface area contributed by atoms with Crippen LogP contribution in [0.1, 0.15) is 6.92 Å². The average Bonchev–Trinajstić information content (AvgIpc) is 2.00. The predicted molar refractivity (Wildman–Crippen MR) is 51.0 cm³/mol. The average molecular weight is 212 g/mol. The molecule has 1 unspecified atom stereocenters. The maximum Gasteiger partial charge on any atom is 0.283 e. The Hall–Kier alpha value is -0.490. The molecular formula is C5H12N2O3S2. The standard InChI is InChI=1S/C5H12N2O3S2/c1-4-12(9,10)7-6-5(8)11(2)3/h2,7,11H,4H2,1,3H3,(H,6,8). The van der Waals surface area contributed by atoms with Gasteiger partial charge in [0.25, 0.3) is 5.24 Å². The molecule has 12 heavy (non-hydrogen) atoms. The summed E-state index contributed by atoms with van der Waals surface area (Å²) in [6.45, 7) is 1.46. The Bertz CT molecular complexity index is 324. The molecule has 0 fully saturated rings. The van der Waals surface area contributed by atoms with E-state index in [4.69, 9.17) is 5.69 Å². The summed E-state index contributed by atoms with van der Waals surface area (Å²) in [5.74, 6) is -0.0838. The molecule has 0 aromatic rings. The Balaban J connectivity index is 4.05. The second kappa shape index (κ2) is 4.51. The number of rotatable bonds is 3. The predicted octanol–water partition coefficient (Wildman–Crippen LogP) is -0.230. The number of hydrazine groups is 1. The highest BCUT2D eigenvalue weighted by Crippen LogP contribution is 1.98. The second-order valence-electron chi connectivity index (χ2n) is 2.05. The molecule has 0 aliphatic heterocycles. The molecule has 72 valence electrons. The minimum atomic E-state index is -3.38. The second-order valence-corrected chi connectivity index (χ2v) is 5.69. The Morgan fingerprint density at radius 2 is 2.08 bits per heavy atom. The first kappa shape index (κ1) is 11.5. The van der Waals surface area contributed by atoms with Crippen molar-refractivity contribution in [3.8, 4) is 5.69 Å². The third-order valence-electron chi connectivity index (χ3n) is 1.01. The van der Waals surface area contributed by atoms with Crippen LogP contribution in [-0.4, -0.2) is 25.7 Å². The third kappa shape index (κ3) is 4.40. The van der Waals surface area contributed by atoms with Crippen molar-refractivity contribution >= 4 is 25.6 Å². The Labute approximate surface area is 74.1 Å². The van der Waals surface area contributed by atoms with Gasteiger partial charge in [-0.1, -0.05) is 0 Å². The molecule has 7 heteroatoms. The van der Waals surface area contributed by atoms with Gasteiger partial charge in [0.2, 0.25) is 10.0 Å². The van der Waals surface area contributed by atoms with Crippen LogP contribution in [-0.2, 0) is 10.0 Å². The molecule has 0 rings (SSSR count). The van der Waals surface area contributed by atoms with Crippen molar-refractivity contribution in [2.45, 2.75) is 6.92 Å². The molecule has 0 spiro atoms. The molecule has 1 amide bonds. The lowest BCUT2D eigenvalue weighted by Gasteiger charge is -2.05. The lowest BCUT2D eigenvalue weighted by molar-refractivity contribution is 0.259. The van der Waals surface area contributed by atoms with E-state index in [2.05, 4.69) is 0 Å². The maximum absolute atomic E-state index is 10.8. The van der Waals surface area contributed by atoms with Crippen LogP contribution in [0, 0.1) is 5.69 Å². The van der Waals surface area contributed by atoms with Crippen molar-refractivity contribution < 1.29 is 13.2 Å². The largest absolute Gasteiger partial charge is 0.283 e. The summed E-state index contributed by atoms with van der Waals surface area (Å²) < 4.78 is 21.5. The third-order valence-corrected chi connectivity index (χ3v) is 2.94. The first-order valence-electron chi connectivity index (χ1n) is 3.17. The van der Waals surface area contributed by atoms with E-state index < -0.39 is 25.6 Å². The zero-order valence-corrected chi connectivity index (χ0v) is 8.58. The molecule has 0 aromatic carbocycles. The number of carbonyl (C=O) groups excluding carboxylic acids is 1. The van der Waals surface area contributed by atoms with E-state index in [-0.39, 0.29) is 5.75 Å². The highest BCUT2D eigenvalue weighted by atomic mass is 32.2. The molecule has 0 aliphatic carbocycles. The summed E-state index contributed by atoms with van der Waals surface area (Å²) in [5, 5.41) is -0.498. The van der Waals surface area contributed by atoms with E-state index in [1.165, 1.54) is 13.2 Å². The van der Waals surface area contributed by atoms with Gasteiger partial charge < -0.3 is 0 Å². The Kier molecular flexibility index (Phi) is 4.33. The van der Waals surface area contributed by atoms with Gasteiger partial charge in [0.15, 0.2) is 0 Å². The summed E-state index contributed by atoms with van der Waals surface area (Å²) in [6, 6.07) is 0. The van der Waals surface area contributed by atoms with E-state index in [9.17, 15) is 13.2 Å². The van der Waals surface area contributed by atoms with E-state index in [1.807, 2.05) is 10.3 Å². The fourth-order valence-corrected chi connectivity index (χ4v) is 0.982. The summed E-state index contributed by atoms with van der Waals surface area (Å²) in [5.41, 5.74) is 7.22. The molecule has 0 aromatic heterocycles. The van der Waals surface area contributed by atoms with Gasteiger partial charge >= 0.3 is 0 Å². The first-order valence-corrected chi connectivity index (χ1v) is 6.68. The Morgan fingerprint density at radius 3 is 2.42 bits per heavy atom. The quantitative estimate of drug-likeness (QED) is 0.447. The molecule has 0 saturated heterocycles. The van der Waals surface area contributed by atoms with Crippen LogP contribution >= 0.6 is 10.3 Å². The van der Waals surface area contributed by atoms with Gasteiger partial charge in [0.05, 0.1) is 5.75 Å². The van der Waals surface area contributed by atoms with E-state index >= 15 is 0 Å². The Morgan fingerprint density at radius 1 is 1.58 bits per heavy atom. The van der Waals surface area contributed by atoms with Crippen molar-refractivity contribution in [2.75, 3.05) is 12.0 Å². The minimum absolute atomic E-state index is 0.0838. The number of sulfonamides is 1. The van der Waals surface area contributed by atoms with Gasteiger partial charge in [0.1, 0.15) is 0 Å². The van der Waals surface area contributed by atoms with Gasteiger partial charge in [-0.15, -0.1) is 20.8 Å². The molecule has 0 saturated carbocycles. The summed E-state index contributed by atoms with van der Waals surface area (Å²) in [7, 11) is -4.67. The SMILES string of the molecule is C#[SH](C)C(=O)NNS(=O)(=O)CC. The van der Waals surface area contributed by atoms with E-state index in [0.29, 0.717) is 0 Å². The van der Waals surface area contributed by atoms with Gasteiger partial charge in [-0.25, -0.2) is 8.42 Å². The minimum Gasteiger partial charge on any atom is -0.269 e. The van der Waals surface area contributed by atoms with Crippen molar-refractivity contribution in [2.24, 2.45) is 0 Å².